The zero-order valence-electron chi connectivity index (χ0n) is 13.3. The van der Waals surface area contributed by atoms with E-state index < -0.39 is 0 Å². The molecule has 0 aliphatic heterocycles. The summed E-state index contributed by atoms with van der Waals surface area (Å²) in [5, 5.41) is 5.61. The SMILES string of the molecule is Cc1ccc(NC(=O)CSCC(=O)Nc2ccc(C)cc2)cc1. The van der Waals surface area contributed by atoms with Gasteiger partial charge in [0.05, 0.1) is 11.5 Å². The third-order valence-electron chi connectivity index (χ3n) is 3.14. The Hall–Kier alpha value is -2.27. The lowest BCUT2D eigenvalue weighted by Gasteiger charge is -2.07. The van der Waals surface area contributed by atoms with Crippen molar-refractivity contribution in [3.63, 3.8) is 0 Å². The highest BCUT2D eigenvalue weighted by Gasteiger charge is 2.06. The number of anilines is 2. The first kappa shape index (κ1) is 17.1. The molecule has 0 atom stereocenters. The molecule has 0 aromatic heterocycles. The fourth-order valence-corrected chi connectivity index (χ4v) is 2.52. The minimum Gasteiger partial charge on any atom is -0.325 e. The van der Waals surface area contributed by atoms with E-state index in [0.717, 1.165) is 22.5 Å². The van der Waals surface area contributed by atoms with E-state index >= 15 is 0 Å². The van der Waals surface area contributed by atoms with Crippen LogP contribution < -0.4 is 10.6 Å². The van der Waals surface area contributed by atoms with Gasteiger partial charge < -0.3 is 10.6 Å². The van der Waals surface area contributed by atoms with E-state index in [1.807, 2.05) is 62.4 Å². The van der Waals surface area contributed by atoms with Gasteiger partial charge in [-0.2, -0.15) is 0 Å². The summed E-state index contributed by atoms with van der Waals surface area (Å²) in [7, 11) is 0. The van der Waals surface area contributed by atoms with Crippen molar-refractivity contribution >= 4 is 35.0 Å². The topological polar surface area (TPSA) is 58.2 Å². The maximum atomic E-state index is 11.8. The largest absolute Gasteiger partial charge is 0.325 e. The van der Waals surface area contributed by atoms with Gasteiger partial charge in [0.2, 0.25) is 11.8 Å². The Morgan fingerprint density at radius 3 is 1.43 bits per heavy atom. The number of aryl methyl sites for hydroxylation is 2. The van der Waals surface area contributed by atoms with Gasteiger partial charge in [-0.3, -0.25) is 9.59 Å². The molecule has 0 aliphatic carbocycles. The summed E-state index contributed by atoms with van der Waals surface area (Å²) >= 11 is 1.29. The van der Waals surface area contributed by atoms with Gasteiger partial charge in [0, 0.05) is 11.4 Å². The maximum Gasteiger partial charge on any atom is 0.234 e. The van der Waals surface area contributed by atoms with E-state index in [1.54, 1.807) is 0 Å². The van der Waals surface area contributed by atoms with Gasteiger partial charge in [-0.25, -0.2) is 0 Å². The molecule has 0 saturated heterocycles. The van der Waals surface area contributed by atoms with Crippen LogP contribution in [0.4, 0.5) is 11.4 Å². The number of thioether (sulfide) groups is 1. The first-order valence-corrected chi connectivity index (χ1v) is 8.49. The summed E-state index contributed by atoms with van der Waals surface area (Å²) in [5.41, 5.74) is 3.82. The summed E-state index contributed by atoms with van der Waals surface area (Å²) in [6.07, 6.45) is 0. The minimum absolute atomic E-state index is 0.109. The average molecular weight is 328 g/mol. The lowest BCUT2D eigenvalue weighted by Crippen LogP contribution is -2.18. The molecular formula is C18H20N2O2S. The molecule has 2 aromatic rings. The lowest BCUT2D eigenvalue weighted by atomic mass is 10.2. The Labute approximate surface area is 140 Å². The molecule has 0 spiro atoms. The van der Waals surface area contributed by atoms with Crippen LogP contribution in [0.1, 0.15) is 11.1 Å². The first-order chi connectivity index (χ1) is 11.0. The number of carbonyl (C=O) groups excluding carboxylic acids is 2. The minimum atomic E-state index is -0.109. The Bertz CT molecular complexity index is 607. The number of hydrogen-bond acceptors (Lipinski definition) is 3. The summed E-state index contributed by atoms with van der Waals surface area (Å²) in [4.78, 5) is 23.6. The van der Waals surface area contributed by atoms with Gasteiger partial charge in [0.1, 0.15) is 0 Å². The Kier molecular flexibility index (Phi) is 6.23. The molecule has 0 saturated carbocycles. The fraction of sp³-hybridized carbons (Fsp3) is 0.222. The zero-order valence-corrected chi connectivity index (χ0v) is 14.1. The van der Waals surface area contributed by atoms with E-state index in [-0.39, 0.29) is 23.3 Å². The van der Waals surface area contributed by atoms with Gasteiger partial charge in [-0.05, 0) is 38.1 Å². The number of rotatable bonds is 6. The normalized spacial score (nSPS) is 10.2. The Morgan fingerprint density at radius 2 is 1.09 bits per heavy atom. The standard InChI is InChI=1S/C18H20N2O2S/c1-13-3-7-15(8-4-13)19-17(21)11-23-12-18(22)20-16-9-5-14(2)6-10-16/h3-10H,11-12H2,1-2H3,(H,19,21)(H,20,22). The molecule has 2 amide bonds. The van der Waals surface area contributed by atoms with Gasteiger partial charge in [0.15, 0.2) is 0 Å². The smallest absolute Gasteiger partial charge is 0.234 e. The Balaban J connectivity index is 1.69. The fourth-order valence-electron chi connectivity index (χ4n) is 1.90. The molecule has 23 heavy (non-hydrogen) atoms. The molecule has 0 unspecified atom stereocenters. The number of hydrogen-bond donors (Lipinski definition) is 2. The van der Waals surface area contributed by atoms with Crippen LogP contribution in [0.25, 0.3) is 0 Å². The van der Waals surface area contributed by atoms with Crippen molar-refractivity contribution in [3.05, 3.63) is 59.7 Å². The van der Waals surface area contributed by atoms with Gasteiger partial charge in [-0.15, -0.1) is 11.8 Å². The van der Waals surface area contributed by atoms with Gasteiger partial charge in [-0.1, -0.05) is 35.4 Å². The summed E-state index contributed by atoms with van der Waals surface area (Å²) in [5.74, 6) is 0.272. The third-order valence-corrected chi connectivity index (χ3v) is 4.07. The van der Waals surface area contributed by atoms with Crippen LogP contribution >= 0.6 is 11.8 Å². The van der Waals surface area contributed by atoms with Crippen LogP contribution in [0.3, 0.4) is 0 Å². The van der Waals surface area contributed by atoms with Crippen LogP contribution in [-0.2, 0) is 9.59 Å². The van der Waals surface area contributed by atoms with Crippen molar-refractivity contribution in [2.75, 3.05) is 22.1 Å². The number of carbonyl (C=O) groups is 2. The van der Waals surface area contributed by atoms with Crippen molar-refractivity contribution in [1.82, 2.24) is 0 Å². The van der Waals surface area contributed by atoms with Crippen LogP contribution in [-0.4, -0.2) is 23.3 Å². The molecule has 0 fully saturated rings. The average Bonchev–Trinajstić information content (AvgIpc) is 2.52. The summed E-state index contributed by atoms with van der Waals surface area (Å²) in [6.45, 7) is 3.99. The van der Waals surface area contributed by atoms with Crippen molar-refractivity contribution in [1.29, 1.82) is 0 Å². The highest BCUT2D eigenvalue weighted by molar-refractivity contribution is 8.00. The second-order valence-corrected chi connectivity index (χ2v) is 6.31. The molecule has 2 rings (SSSR count). The van der Waals surface area contributed by atoms with Crippen molar-refractivity contribution in [2.45, 2.75) is 13.8 Å². The van der Waals surface area contributed by atoms with E-state index in [0.29, 0.717) is 0 Å². The van der Waals surface area contributed by atoms with Crippen molar-refractivity contribution in [2.24, 2.45) is 0 Å². The van der Waals surface area contributed by atoms with Crippen LogP contribution in [0.5, 0.6) is 0 Å². The number of nitrogens with one attached hydrogen (secondary N) is 2. The van der Waals surface area contributed by atoms with E-state index in [1.165, 1.54) is 11.8 Å². The lowest BCUT2D eigenvalue weighted by molar-refractivity contribution is -0.114. The van der Waals surface area contributed by atoms with Crippen molar-refractivity contribution in [3.8, 4) is 0 Å². The highest BCUT2D eigenvalue weighted by Crippen LogP contribution is 2.11. The molecule has 0 aliphatic rings. The predicted molar refractivity (Wildman–Crippen MR) is 96.9 cm³/mol. The molecule has 0 bridgehead atoms. The van der Waals surface area contributed by atoms with Gasteiger partial charge in [0.25, 0.3) is 0 Å². The monoisotopic (exact) mass is 328 g/mol. The third kappa shape index (κ3) is 6.16. The Morgan fingerprint density at radius 1 is 0.739 bits per heavy atom. The van der Waals surface area contributed by atoms with Crippen LogP contribution in [0.2, 0.25) is 0 Å². The highest BCUT2D eigenvalue weighted by atomic mass is 32.2. The quantitative estimate of drug-likeness (QED) is 0.851. The second kappa shape index (κ2) is 8.39. The molecular weight excluding hydrogens is 308 g/mol. The van der Waals surface area contributed by atoms with E-state index in [4.69, 9.17) is 0 Å². The number of benzene rings is 2. The molecule has 0 heterocycles. The molecule has 2 N–H and O–H groups in total. The van der Waals surface area contributed by atoms with Crippen molar-refractivity contribution < 1.29 is 9.59 Å². The number of amides is 2. The maximum absolute atomic E-state index is 11.8. The zero-order chi connectivity index (χ0) is 16.7. The second-order valence-electron chi connectivity index (χ2n) is 5.32. The molecule has 0 radical (unpaired) electrons. The van der Waals surface area contributed by atoms with E-state index in [9.17, 15) is 9.59 Å². The van der Waals surface area contributed by atoms with E-state index in [2.05, 4.69) is 10.6 Å². The van der Waals surface area contributed by atoms with Crippen LogP contribution in [0, 0.1) is 13.8 Å². The summed E-state index contributed by atoms with van der Waals surface area (Å²) < 4.78 is 0. The molecule has 4 nitrogen and oxygen atoms in total. The predicted octanol–water partition coefficient (Wildman–Crippen LogP) is 3.61. The molecule has 5 heteroatoms. The van der Waals surface area contributed by atoms with Gasteiger partial charge >= 0.3 is 0 Å². The first-order valence-electron chi connectivity index (χ1n) is 7.34. The summed E-state index contributed by atoms with van der Waals surface area (Å²) in [6, 6.07) is 15.2. The molecule has 2 aromatic carbocycles. The molecule has 120 valence electrons. The van der Waals surface area contributed by atoms with Crippen LogP contribution in [0.15, 0.2) is 48.5 Å².